The summed E-state index contributed by atoms with van der Waals surface area (Å²) in [6.07, 6.45) is 3.69. The van der Waals surface area contributed by atoms with E-state index in [9.17, 15) is 13.6 Å². The normalized spacial score (nSPS) is 23.8. The lowest BCUT2D eigenvalue weighted by atomic mass is 9.64. The number of nitrogens with zero attached hydrogens (tertiary/aromatic N) is 6. The van der Waals surface area contributed by atoms with E-state index < -0.39 is 18.8 Å². The molecule has 1 N–H and O–H groups in total. The van der Waals surface area contributed by atoms with Crippen LogP contribution in [0.25, 0.3) is 11.4 Å². The van der Waals surface area contributed by atoms with E-state index in [0.29, 0.717) is 40.9 Å². The van der Waals surface area contributed by atoms with Crippen LogP contribution >= 0.6 is 11.6 Å². The zero-order valence-electron chi connectivity index (χ0n) is 18.4. The number of amides is 2. The van der Waals surface area contributed by atoms with Crippen molar-refractivity contribution in [1.82, 2.24) is 29.9 Å². The Morgan fingerprint density at radius 1 is 1.38 bits per heavy atom. The van der Waals surface area contributed by atoms with Crippen molar-refractivity contribution < 1.29 is 22.7 Å². The van der Waals surface area contributed by atoms with Crippen molar-refractivity contribution in [2.75, 3.05) is 5.32 Å². The molecule has 10 nitrogen and oxygen atoms in total. The summed E-state index contributed by atoms with van der Waals surface area (Å²) in [5.41, 5.74) is 0.328. The fourth-order valence-electron chi connectivity index (χ4n) is 5.00. The van der Waals surface area contributed by atoms with E-state index >= 15 is 0 Å². The van der Waals surface area contributed by atoms with Gasteiger partial charge in [-0.1, -0.05) is 18.5 Å². The average Bonchev–Trinajstić information content (AvgIpc) is 3.42. The van der Waals surface area contributed by atoms with Crippen molar-refractivity contribution in [2.24, 2.45) is 13.0 Å². The van der Waals surface area contributed by atoms with Crippen LogP contribution in [0.2, 0.25) is 5.02 Å². The Balaban J connectivity index is 1.38. The number of aromatic nitrogens is 5. The third-order valence-corrected chi connectivity index (χ3v) is 6.56. The molecule has 3 atom stereocenters. The lowest BCUT2D eigenvalue weighted by Crippen LogP contribution is -2.70. The van der Waals surface area contributed by atoms with Crippen molar-refractivity contribution in [2.45, 2.75) is 51.0 Å². The van der Waals surface area contributed by atoms with E-state index in [0.717, 1.165) is 6.42 Å². The molecular weight excluding hydrogens is 472 g/mol. The highest BCUT2D eigenvalue weighted by molar-refractivity contribution is 6.33. The Labute approximate surface area is 198 Å². The number of urea groups is 1. The Kier molecular flexibility index (Phi) is 5.72. The van der Waals surface area contributed by atoms with Crippen LogP contribution in [0.15, 0.2) is 28.9 Å². The highest BCUT2D eigenvalue weighted by Gasteiger charge is 2.62. The van der Waals surface area contributed by atoms with Crippen LogP contribution < -0.4 is 5.32 Å². The molecule has 0 spiro atoms. The van der Waals surface area contributed by atoms with Crippen LogP contribution in [0.1, 0.15) is 38.0 Å². The molecule has 3 aliphatic rings. The number of alkyl halides is 2. The van der Waals surface area contributed by atoms with Crippen LogP contribution in [0.4, 0.5) is 19.3 Å². The van der Waals surface area contributed by atoms with E-state index in [-0.39, 0.29) is 23.9 Å². The van der Waals surface area contributed by atoms with Crippen molar-refractivity contribution >= 4 is 23.3 Å². The lowest BCUT2D eigenvalue weighted by molar-refractivity contribution is -0.143. The summed E-state index contributed by atoms with van der Waals surface area (Å²) in [5.74, 6) is 0.941. The highest BCUT2D eigenvalue weighted by atomic mass is 35.5. The number of carbonyl (C=O) groups is 1. The molecule has 3 aromatic rings. The Hall–Kier alpha value is -3.12. The number of anilines is 1. The van der Waals surface area contributed by atoms with E-state index in [1.807, 2.05) is 0 Å². The van der Waals surface area contributed by atoms with Crippen molar-refractivity contribution in [3.05, 3.63) is 41.3 Å². The predicted octanol–water partition coefficient (Wildman–Crippen LogP) is 4.19. The summed E-state index contributed by atoms with van der Waals surface area (Å²) < 4.78 is 36.2. The third-order valence-electron chi connectivity index (χ3n) is 6.23. The second kappa shape index (κ2) is 8.58. The third kappa shape index (κ3) is 4.00. The maximum atomic E-state index is 13.4. The highest BCUT2D eigenvalue weighted by Crippen LogP contribution is 2.55. The number of benzene rings is 1. The van der Waals surface area contributed by atoms with Crippen LogP contribution in [0, 0.1) is 5.92 Å². The van der Waals surface area contributed by atoms with Gasteiger partial charge in [0.25, 0.3) is 0 Å². The fourth-order valence-corrected chi connectivity index (χ4v) is 5.21. The van der Waals surface area contributed by atoms with E-state index in [1.54, 1.807) is 41.2 Å². The summed E-state index contributed by atoms with van der Waals surface area (Å²) in [4.78, 5) is 19.3. The van der Waals surface area contributed by atoms with Gasteiger partial charge in [0, 0.05) is 30.8 Å². The van der Waals surface area contributed by atoms with Gasteiger partial charge in [-0.15, -0.1) is 10.2 Å². The zero-order chi connectivity index (χ0) is 24.0. The minimum atomic E-state index is -2.94. The number of halogens is 3. The number of carbonyl (C=O) groups excluding carboxylic acids is 1. The Morgan fingerprint density at radius 2 is 2.21 bits per heavy atom. The molecule has 34 heavy (non-hydrogen) atoms. The van der Waals surface area contributed by atoms with Crippen LogP contribution in [0.3, 0.4) is 0 Å². The molecular formula is C21H22ClF2N7O3. The smallest absolute Gasteiger partial charge is 0.345 e. The Morgan fingerprint density at radius 3 is 2.94 bits per heavy atom. The first-order chi connectivity index (χ1) is 16.2. The number of hydrogen-bond donors (Lipinski definition) is 1. The number of fused-ring (bicyclic) bond motifs is 2. The molecule has 2 amide bonds. The van der Waals surface area contributed by atoms with Crippen LogP contribution in [0.5, 0.6) is 0 Å². The first-order valence-electron chi connectivity index (χ1n) is 10.7. The summed E-state index contributed by atoms with van der Waals surface area (Å²) in [6, 6.07) is 4.76. The summed E-state index contributed by atoms with van der Waals surface area (Å²) >= 11 is 6.32. The minimum absolute atomic E-state index is 0.000594. The van der Waals surface area contributed by atoms with Gasteiger partial charge in [0.1, 0.15) is 18.5 Å². The number of ether oxygens (including phenoxy) is 1. The first-order valence-corrected chi connectivity index (χ1v) is 11.1. The maximum Gasteiger partial charge on any atom is 0.345 e. The van der Waals surface area contributed by atoms with Gasteiger partial charge in [-0.25, -0.2) is 9.78 Å². The summed E-state index contributed by atoms with van der Waals surface area (Å²) in [5, 5.41) is 15.6. The summed E-state index contributed by atoms with van der Waals surface area (Å²) in [6.45, 7) is -1.34. The van der Waals surface area contributed by atoms with Gasteiger partial charge in [-0.2, -0.15) is 13.9 Å². The molecule has 2 aromatic heterocycles. The van der Waals surface area contributed by atoms with Gasteiger partial charge in [-0.05, 0) is 37.0 Å². The molecule has 6 rings (SSSR count). The quantitative estimate of drug-likeness (QED) is 0.548. The number of piperidine rings is 1. The SMILES string of the molecule is C[C@@H]1C[C@H]2C[C@@](c3nnc(COC(F)F)o3)(C1)N2C(=O)Nc1ccc(Cl)c(-c2ncn(C)n2)c1. The van der Waals surface area contributed by atoms with E-state index in [2.05, 4.69) is 37.3 Å². The molecule has 2 bridgehead atoms. The first kappa shape index (κ1) is 22.7. The molecule has 1 saturated carbocycles. The topological polar surface area (TPSA) is 111 Å². The predicted molar refractivity (Wildman–Crippen MR) is 116 cm³/mol. The number of rotatable bonds is 6. The standard InChI is InChI=1S/C21H22ClF2N7O3/c1-11-5-13-8-21(7-11,18-28-27-16(34-18)9-33-19(23)24)31(13)20(32)26-12-3-4-15(22)14(6-12)17-25-10-30(2)29-17/h3-4,6,10-11,13,19H,5,7-9H2,1-2H3,(H,26,32)/t11-,13+,21-/m1/s1. The number of nitrogens with one attached hydrogen (secondary N) is 1. The van der Waals surface area contributed by atoms with E-state index in [1.165, 1.54) is 0 Å². The molecule has 3 fully saturated rings. The lowest BCUT2D eigenvalue weighted by Gasteiger charge is -2.61. The van der Waals surface area contributed by atoms with Gasteiger partial charge in [-0.3, -0.25) is 4.68 Å². The van der Waals surface area contributed by atoms with Crippen molar-refractivity contribution in [3.63, 3.8) is 0 Å². The van der Waals surface area contributed by atoms with Gasteiger partial charge in [0.05, 0.1) is 5.02 Å². The second-order valence-corrected chi connectivity index (χ2v) is 9.15. The fraction of sp³-hybridized carbons (Fsp3) is 0.476. The average molecular weight is 494 g/mol. The summed E-state index contributed by atoms with van der Waals surface area (Å²) in [7, 11) is 1.75. The van der Waals surface area contributed by atoms with Gasteiger partial charge in [0.15, 0.2) is 5.82 Å². The monoisotopic (exact) mass is 493 g/mol. The molecule has 2 saturated heterocycles. The largest absolute Gasteiger partial charge is 0.420 e. The van der Waals surface area contributed by atoms with Gasteiger partial charge >= 0.3 is 12.6 Å². The number of aryl methyl sites for hydroxylation is 1. The molecule has 0 radical (unpaired) electrons. The van der Waals surface area contributed by atoms with Crippen molar-refractivity contribution in [3.8, 4) is 11.4 Å². The van der Waals surface area contributed by atoms with Crippen LogP contribution in [-0.2, 0) is 23.9 Å². The number of hydrogen-bond acceptors (Lipinski definition) is 7. The van der Waals surface area contributed by atoms with Gasteiger partial charge in [0.2, 0.25) is 11.8 Å². The van der Waals surface area contributed by atoms with Crippen molar-refractivity contribution in [1.29, 1.82) is 0 Å². The van der Waals surface area contributed by atoms with Crippen LogP contribution in [-0.4, -0.2) is 48.5 Å². The Bertz CT molecular complexity index is 1220. The van der Waals surface area contributed by atoms with Gasteiger partial charge < -0.3 is 19.4 Å². The minimum Gasteiger partial charge on any atom is -0.420 e. The molecule has 13 heteroatoms. The molecule has 0 unspecified atom stereocenters. The molecule has 1 aliphatic carbocycles. The van der Waals surface area contributed by atoms with E-state index in [4.69, 9.17) is 16.0 Å². The second-order valence-electron chi connectivity index (χ2n) is 8.74. The zero-order valence-corrected chi connectivity index (χ0v) is 19.2. The molecule has 4 heterocycles. The maximum absolute atomic E-state index is 13.4. The molecule has 180 valence electrons. The molecule has 1 aromatic carbocycles. The molecule has 2 aliphatic heterocycles.